The standard InChI is InChI=1S/C19H18F3N3O2.C12H10ClNO2.V/c1-23-9-12(10-3-4-10)18-17(20)14(24-2)8-13(25-18)11-5-6-15-16(7-11)27-19(21,22)26-15;1-7-10(13)5-9-3-8(6-15)4-11(16-2)12(9)14-7;/h5-7,10,12,23H,3-4,9H2,1-2H3;3-6H,1-2H3;/q-2;;+2. The van der Waals surface area contributed by atoms with Crippen LogP contribution in [0.4, 0.5) is 18.9 Å². The van der Waals surface area contributed by atoms with Crippen molar-refractivity contribution in [3.63, 3.8) is 0 Å². The third kappa shape index (κ3) is 7.07. The molecule has 0 amide bonds. The number of ether oxygens (including phenoxy) is 3. The van der Waals surface area contributed by atoms with Crippen molar-refractivity contribution in [1.82, 2.24) is 15.3 Å². The molecule has 1 fully saturated rings. The van der Waals surface area contributed by atoms with E-state index in [1.165, 1.54) is 19.2 Å². The predicted octanol–water partition coefficient (Wildman–Crippen LogP) is 7.37. The van der Waals surface area contributed by atoms with E-state index >= 15 is 0 Å². The average Bonchev–Trinajstić information content (AvgIpc) is 3.77. The summed E-state index contributed by atoms with van der Waals surface area (Å²) >= 11 is 5.99. The summed E-state index contributed by atoms with van der Waals surface area (Å²) in [5, 5.41) is 8.44. The Hall–Kier alpha value is -3.51. The van der Waals surface area contributed by atoms with Crippen molar-refractivity contribution in [2.24, 2.45) is 5.92 Å². The van der Waals surface area contributed by atoms with E-state index in [2.05, 4.69) is 36.1 Å². The zero-order chi connectivity index (χ0) is 30.9. The molecule has 2 aliphatic rings. The van der Waals surface area contributed by atoms with E-state index in [4.69, 9.17) is 16.3 Å². The topological polar surface area (TPSA) is 96.7 Å². The molecule has 0 saturated heterocycles. The predicted molar refractivity (Wildman–Crippen MR) is 156 cm³/mol. The number of benzene rings is 2. The van der Waals surface area contributed by atoms with Crippen LogP contribution < -0.4 is 19.5 Å². The van der Waals surface area contributed by atoms with Crippen molar-refractivity contribution in [3.05, 3.63) is 75.6 Å². The number of rotatable bonds is 8. The van der Waals surface area contributed by atoms with Crippen LogP contribution in [0.2, 0.25) is 5.02 Å². The smallest absolute Gasteiger partial charge is 0.706 e. The number of fused-ring (bicyclic) bond motifs is 2. The van der Waals surface area contributed by atoms with Crippen molar-refractivity contribution in [2.45, 2.75) is 32.0 Å². The SMILES string of the molecule is COc1cc(C=O)cc2cc(Cl)c(C)nc12.C[N-]c1[c-]c(-c2ccc3c(c2)OC(F)(F)O3)nc(C(CNC)C2CC2)c1F.[V+2]. The average molecular weight is 664 g/mol. The van der Waals surface area contributed by atoms with Gasteiger partial charge in [-0.3, -0.25) is 14.2 Å². The number of carbonyl (C=O) groups is 1. The molecule has 13 heteroatoms. The molecule has 3 heterocycles. The number of aldehydes is 1. The molecule has 6 rings (SSSR count). The molecule has 1 aliphatic carbocycles. The number of carbonyl (C=O) groups excluding carboxylic acids is 1. The minimum Gasteiger partial charge on any atom is -0.706 e. The fraction of sp³-hybridized carbons (Fsp3) is 0.323. The number of hydrogen-bond donors (Lipinski definition) is 1. The van der Waals surface area contributed by atoms with E-state index in [0.29, 0.717) is 45.7 Å². The first kappa shape index (κ1) is 33.4. The minimum atomic E-state index is -3.69. The van der Waals surface area contributed by atoms with Gasteiger partial charge in [-0.2, -0.15) is 6.07 Å². The van der Waals surface area contributed by atoms with Gasteiger partial charge in [-0.1, -0.05) is 23.2 Å². The molecular weight excluding hydrogens is 636 g/mol. The number of likely N-dealkylation sites (N-methyl/N-ethyl adjacent to an activating group) is 1. The summed E-state index contributed by atoms with van der Waals surface area (Å²) in [6.07, 6.45) is -0.867. The van der Waals surface area contributed by atoms with Crippen molar-refractivity contribution < 1.29 is 50.7 Å². The van der Waals surface area contributed by atoms with Gasteiger partial charge in [0.1, 0.15) is 17.6 Å². The van der Waals surface area contributed by atoms with Crippen LogP contribution in [0.15, 0.2) is 36.4 Å². The van der Waals surface area contributed by atoms with Gasteiger partial charge >= 0.3 is 24.9 Å². The number of nitrogens with one attached hydrogen (secondary N) is 1. The number of pyridine rings is 2. The molecule has 1 radical (unpaired) electrons. The van der Waals surface area contributed by atoms with Crippen LogP contribution >= 0.6 is 11.6 Å². The Morgan fingerprint density at radius 2 is 1.93 bits per heavy atom. The zero-order valence-corrected chi connectivity index (χ0v) is 26.4. The first-order chi connectivity index (χ1) is 20.6. The number of hydrogen-bond acceptors (Lipinski definition) is 7. The number of methoxy groups -OCH3 is 1. The Balaban J connectivity index is 0.000000223. The molecule has 2 aromatic carbocycles. The molecule has 1 unspecified atom stereocenters. The first-order valence-electron chi connectivity index (χ1n) is 13.4. The first-order valence-corrected chi connectivity index (χ1v) is 13.8. The van der Waals surface area contributed by atoms with Crippen LogP contribution in [-0.4, -0.2) is 50.3 Å². The fourth-order valence-corrected chi connectivity index (χ4v) is 5.05. The number of aromatic nitrogens is 2. The summed E-state index contributed by atoms with van der Waals surface area (Å²) < 4.78 is 55.5. The number of halogens is 4. The minimum absolute atomic E-state index is 0. The molecule has 1 N–H and O–H groups in total. The van der Waals surface area contributed by atoms with Gasteiger partial charge in [-0.05, 0) is 62.7 Å². The summed E-state index contributed by atoms with van der Waals surface area (Å²) in [6.45, 7) is 2.42. The van der Waals surface area contributed by atoms with Crippen molar-refractivity contribution in [3.8, 4) is 28.5 Å². The molecule has 1 aliphatic heterocycles. The maximum atomic E-state index is 14.9. The fourth-order valence-electron chi connectivity index (χ4n) is 4.89. The van der Waals surface area contributed by atoms with E-state index in [-0.39, 0.29) is 41.7 Å². The van der Waals surface area contributed by atoms with Crippen LogP contribution in [0, 0.1) is 24.7 Å². The number of alkyl halides is 2. The van der Waals surface area contributed by atoms with Gasteiger partial charge in [-0.25, -0.2) is 10.7 Å². The second-order valence-electron chi connectivity index (χ2n) is 10.2. The Kier molecular flexibility index (Phi) is 10.4. The summed E-state index contributed by atoms with van der Waals surface area (Å²) in [5.74, 6) is 0.233. The van der Waals surface area contributed by atoms with Crippen LogP contribution in [-0.2, 0) is 18.6 Å². The maximum Gasteiger partial charge on any atom is 2.00 e. The van der Waals surface area contributed by atoms with Gasteiger partial charge in [0, 0.05) is 34.9 Å². The van der Waals surface area contributed by atoms with Crippen molar-refractivity contribution in [1.29, 1.82) is 0 Å². The van der Waals surface area contributed by atoms with Gasteiger partial charge in [0.05, 0.1) is 17.8 Å². The quantitative estimate of drug-likeness (QED) is 0.155. The van der Waals surface area contributed by atoms with Crippen LogP contribution in [0.3, 0.4) is 0 Å². The molecule has 0 spiro atoms. The molecule has 2 aromatic heterocycles. The van der Waals surface area contributed by atoms with E-state index in [1.54, 1.807) is 31.4 Å². The summed E-state index contributed by atoms with van der Waals surface area (Å²) in [6, 6.07) is 12.3. The summed E-state index contributed by atoms with van der Waals surface area (Å²) in [7, 11) is 4.84. The Labute approximate surface area is 269 Å². The van der Waals surface area contributed by atoms with Gasteiger partial charge < -0.3 is 24.8 Å². The van der Waals surface area contributed by atoms with Crippen LogP contribution in [0.25, 0.3) is 27.5 Å². The number of nitrogens with zero attached hydrogens (tertiary/aromatic N) is 3. The zero-order valence-electron chi connectivity index (χ0n) is 24.3. The molecule has 229 valence electrons. The van der Waals surface area contributed by atoms with Gasteiger partial charge in [-0.15, -0.1) is 21.9 Å². The van der Waals surface area contributed by atoms with Gasteiger partial charge in [0.2, 0.25) is 0 Å². The molecule has 0 bridgehead atoms. The van der Waals surface area contributed by atoms with Crippen molar-refractivity contribution in [2.75, 3.05) is 27.7 Å². The molecule has 44 heavy (non-hydrogen) atoms. The summed E-state index contributed by atoms with van der Waals surface area (Å²) in [4.78, 5) is 19.6. The normalized spacial score (nSPS) is 15.1. The van der Waals surface area contributed by atoms with E-state index in [1.807, 2.05) is 14.0 Å². The Morgan fingerprint density at radius 1 is 1.20 bits per heavy atom. The third-order valence-corrected chi connectivity index (χ3v) is 7.54. The second-order valence-corrected chi connectivity index (χ2v) is 10.6. The van der Waals surface area contributed by atoms with E-state index < -0.39 is 12.1 Å². The molecule has 8 nitrogen and oxygen atoms in total. The monoisotopic (exact) mass is 663 g/mol. The van der Waals surface area contributed by atoms with Crippen LogP contribution in [0.5, 0.6) is 17.2 Å². The molecule has 1 saturated carbocycles. The van der Waals surface area contributed by atoms with Gasteiger partial charge in [0.15, 0.2) is 11.5 Å². The summed E-state index contributed by atoms with van der Waals surface area (Å²) in [5.41, 5.74) is 3.20. The Morgan fingerprint density at radius 3 is 2.57 bits per heavy atom. The van der Waals surface area contributed by atoms with E-state index in [0.717, 1.165) is 35.7 Å². The largest absolute Gasteiger partial charge is 2.00 e. The third-order valence-electron chi connectivity index (χ3n) is 7.16. The molecular formula is C31H28ClF3N4O4V. The number of aryl methyl sites for hydroxylation is 1. The second kappa shape index (κ2) is 13.6. The molecule has 4 aromatic rings. The Bertz CT molecular complexity index is 1690. The van der Waals surface area contributed by atoms with Crippen molar-refractivity contribution >= 4 is 34.5 Å². The van der Waals surface area contributed by atoms with Gasteiger partial charge in [0.25, 0.3) is 0 Å². The van der Waals surface area contributed by atoms with Crippen LogP contribution in [0.1, 0.15) is 40.5 Å². The maximum absolute atomic E-state index is 14.9. The van der Waals surface area contributed by atoms with E-state index in [9.17, 15) is 18.0 Å². The molecule has 1 atom stereocenters.